The molecule has 1 atom stereocenters. The van der Waals surface area contributed by atoms with Gasteiger partial charge in [-0.25, -0.2) is 9.97 Å². The quantitative estimate of drug-likeness (QED) is 0.769. The molecular weight excluding hydrogens is 256 g/mol. The number of carbonyl (C=O) groups is 1. The smallest absolute Gasteiger partial charge is 0.305 e. The molecule has 0 fully saturated rings. The van der Waals surface area contributed by atoms with Crippen molar-refractivity contribution in [3.8, 4) is 0 Å². The number of carboxylic acids is 1. The highest BCUT2D eigenvalue weighted by molar-refractivity contribution is 5.67. The van der Waals surface area contributed by atoms with Crippen molar-refractivity contribution in [2.75, 3.05) is 5.32 Å². The zero-order valence-electron chi connectivity index (χ0n) is 11.1. The van der Waals surface area contributed by atoms with Crippen molar-refractivity contribution >= 4 is 17.6 Å². The van der Waals surface area contributed by atoms with E-state index in [2.05, 4.69) is 15.3 Å². The van der Waals surface area contributed by atoms with Crippen LogP contribution in [0.15, 0.2) is 36.7 Å². The summed E-state index contributed by atoms with van der Waals surface area (Å²) in [5.41, 5.74) is 8.39. The number of nitrogens with two attached hydrogens (primary N) is 1. The number of aromatic nitrogens is 2. The monoisotopic (exact) mass is 272 g/mol. The zero-order valence-corrected chi connectivity index (χ0v) is 11.1. The van der Waals surface area contributed by atoms with Gasteiger partial charge in [0.05, 0.1) is 6.42 Å². The van der Waals surface area contributed by atoms with Gasteiger partial charge in [-0.05, 0) is 19.1 Å². The first-order chi connectivity index (χ1) is 9.54. The van der Waals surface area contributed by atoms with E-state index in [1.165, 1.54) is 18.0 Å². The van der Waals surface area contributed by atoms with Gasteiger partial charge >= 0.3 is 5.97 Å². The molecule has 0 saturated carbocycles. The summed E-state index contributed by atoms with van der Waals surface area (Å²) in [6.07, 6.45) is 2.93. The molecule has 104 valence electrons. The van der Waals surface area contributed by atoms with Gasteiger partial charge in [0.1, 0.15) is 0 Å². The minimum Gasteiger partial charge on any atom is -0.481 e. The van der Waals surface area contributed by atoms with Crippen molar-refractivity contribution in [2.24, 2.45) is 5.73 Å². The Morgan fingerprint density at radius 1 is 1.30 bits per heavy atom. The molecule has 1 unspecified atom stereocenters. The first-order valence-electron chi connectivity index (χ1n) is 6.17. The van der Waals surface area contributed by atoms with Gasteiger partial charge in [0, 0.05) is 29.7 Å². The maximum atomic E-state index is 10.6. The van der Waals surface area contributed by atoms with E-state index in [-0.39, 0.29) is 6.42 Å². The third-order valence-electron chi connectivity index (χ3n) is 2.80. The maximum Gasteiger partial charge on any atom is 0.305 e. The third kappa shape index (κ3) is 3.76. The average Bonchev–Trinajstić information content (AvgIpc) is 2.41. The van der Waals surface area contributed by atoms with E-state index in [0.717, 1.165) is 5.69 Å². The molecule has 20 heavy (non-hydrogen) atoms. The third-order valence-corrected chi connectivity index (χ3v) is 2.80. The number of nitrogens with one attached hydrogen (secondary N) is 1. The molecule has 4 N–H and O–H groups in total. The summed E-state index contributed by atoms with van der Waals surface area (Å²) in [5.74, 6) is -0.500. The van der Waals surface area contributed by atoms with Crippen molar-refractivity contribution in [1.29, 1.82) is 0 Å². The Balaban J connectivity index is 2.04. The van der Waals surface area contributed by atoms with E-state index in [4.69, 9.17) is 10.8 Å². The first kappa shape index (κ1) is 14.0. The molecule has 6 nitrogen and oxygen atoms in total. The topological polar surface area (TPSA) is 101 Å². The lowest BCUT2D eigenvalue weighted by Gasteiger charge is -2.09. The van der Waals surface area contributed by atoms with Gasteiger partial charge in [-0.2, -0.15) is 0 Å². The Morgan fingerprint density at radius 2 is 1.90 bits per heavy atom. The lowest BCUT2D eigenvalue weighted by atomic mass is 10.1. The summed E-state index contributed by atoms with van der Waals surface area (Å²) < 4.78 is 0. The second kappa shape index (κ2) is 6.12. The molecule has 1 aromatic carbocycles. The number of nitrogens with zero attached hydrogens (tertiary/aromatic N) is 2. The molecule has 0 saturated heterocycles. The number of benzene rings is 1. The summed E-state index contributed by atoms with van der Waals surface area (Å²) in [4.78, 5) is 18.8. The second-order valence-corrected chi connectivity index (χ2v) is 4.54. The van der Waals surface area contributed by atoms with Crippen molar-refractivity contribution in [3.63, 3.8) is 0 Å². The molecule has 1 aromatic heterocycles. The Bertz CT molecular complexity index is 581. The van der Waals surface area contributed by atoms with Crippen LogP contribution in [0.2, 0.25) is 0 Å². The minimum absolute atomic E-state index is 0.145. The molecule has 6 heteroatoms. The number of aryl methyl sites for hydroxylation is 1. The number of rotatable bonds is 5. The van der Waals surface area contributed by atoms with Crippen LogP contribution in [-0.2, 0) is 4.79 Å². The first-order valence-corrected chi connectivity index (χ1v) is 6.17. The van der Waals surface area contributed by atoms with E-state index in [0.29, 0.717) is 11.5 Å². The van der Waals surface area contributed by atoms with E-state index in [1.54, 1.807) is 0 Å². The van der Waals surface area contributed by atoms with Crippen molar-refractivity contribution in [2.45, 2.75) is 19.4 Å². The van der Waals surface area contributed by atoms with Crippen LogP contribution in [0.5, 0.6) is 0 Å². The fraction of sp³-hybridized carbons (Fsp3) is 0.214. The molecule has 0 radical (unpaired) electrons. The van der Waals surface area contributed by atoms with Gasteiger partial charge in [-0.15, -0.1) is 0 Å². The summed E-state index contributed by atoms with van der Waals surface area (Å²) >= 11 is 0. The molecule has 0 amide bonds. The van der Waals surface area contributed by atoms with Crippen LogP contribution in [0.1, 0.15) is 23.6 Å². The summed E-state index contributed by atoms with van der Waals surface area (Å²) in [5, 5.41) is 11.7. The Labute approximate surface area is 116 Å². The summed E-state index contributed by atoms with van der Waals surface area (Å²) in [6.45, 7) is 2.01. The summed E-state index contributed by atoms with van der Waals surface area (Å²) in [7, 11) is 0. The van der Waals surface area contributed by atoms with E-state index < -0.39 is 12.0 Å². The van der Waals surface area contributed by atoms with Gasteiger partial charge in [-0.3, -0.25) is 4.79 Å². The minimum atomic E-state index is -0.945. The lowest BCUT2D eigenvalue weighted by molar-refractivity contribution is -0.137. The number of anilines is 2. The zero-order chi connectivity index (χ0) is 14.5. The molecule has 1 heterocycles. The van der Waals surface area contributed by atoms with Crippen LogP contribution >= 0.6 is 0 Å². The van der Waals surface area contributed by atoms with Gasteiger partial charge in [0.2, 0.25) is 5.95 Å². The normalized spacial score (nSPS) is 11.9. The van der Waals surface area contributed by atoms with Crippen molar-refractivity contribution in [3.05, 3.63) is 47.8 Å². The van der Waals surface area contributed by atoms with Crippen LogP contribution < -0.4 is 11.1 Å². The summed E-state index contributed by atoms with van der Waals surface area (Å²) in [6, 6.07) is 7.24. The van der Waals surface area contributed by atoms with Crippen LogP contribution in [0, 0.1) is 6.92 Å². The molecule has 0 aliphatic rings. The highest BCUT2D eigenvalue weighted by Gasteiger charge is 2.11. The SMILES string of the molecule is Cc1ccc(Nc2ncc(C(N)CC(=O)O)cn2)cc1. The number of carboxylic acid groups (broad SMARTS) is 1. The standard InChI is InChI=1S/C14H16N4O2/c1-9-2-4-11(5-3-9)18-14-16-7-10(8-17-14)12(15)6-13(19)20/h2-5,7-8,12H,6,15H2,1H3,(H,19,20)(H,16,17,18). The second-order valence-electron chi connectivity index (χ2n) is 4.54. The van der Waals surface area contributed by atoms with E-state index in [1.807, 2.05) is 31.2 Å². The molecule has 0 bridgehead atoms. The van der Waals surface area contributed by atoms with E-state index in [9.17, 15) is 4.79 Å². The van der Waals surface area contributed by atoms with Gasteiger partial charge in [0.25, 0.3) is 0 Å². The fourth-order valence-corrected chi connectivity index (χ4v) is 1.67. The molecule has 2 aromatic rings. The molecule has 0 aliphatic heterocycles. The van der Waals surface area contributed by atoms with Crippen molar-refractivity contribution in [1.82, 2.24) is 9.97 Å². The number of aliphatic carboxylic acids is 1. The molecule has 2 rings (SSSR count). The predicted octanol–water partition coefficient (Wildman–Crippen LogP) is 2.00. The number of hydrogen-bond acceptors (Lipinski definition) is 5. The molecule has 0 spiro atoms. The van der Waals surface area contributed by atoms with Gasteiger partial charge < -0.3 is 16.2 Å². The van der Waals surface area contributed by atoms with Crippen LogP contribution in [0.3, 0.4) is 0 Å². The van der Waals surface area contributed by atoms with E-state index >= 15 is 0 Å². The fourth-order valence-electron chi connectivity index (χ4n) is 1.67. The lowest BCUT2D eigenvalue weighted by Crippen LogP contribution is -2.15. The molecular formula is C14H16N4O2. The van der Waals surface area contributed by atoms with Crippen LogP contribution in [0.25, 0.3) is 0 Å². The highest BCUT2D eigenvalue weighted by atomic mass is 16.4. The largest absolute Gasteiger partial charge is 0.481 e. The predicted molar refractivity (Wildman–Crippen MR) is 75.7 cm³/mol. The molecule has 0 aliphatic carbocycles. The van der Waals surface area contributed by atoms with Crippen molar-refractivity contribution < 1.29 is 9.90 Å². The number of hydrogen-bond donors (Lipinski definition) is 3. The van der Waals surface area contributed by atoms with Crippen LogP contribution in [0.4, 0.5) is 11.6 Å². The Hall–Kier alpha value is -2.47. The van der Waals surface area contributed by atoms with Crippen LogP contribution in [-0.4, -0.2) is 21.0 Å². The van der Waals surface area contributed by atoms with Gasteiger partial charge in [0.15, 0.2) is 0 Å². The Morgan fingerprint density at radius 3 is 2.45 bits per heavy atom. The Kier molecular flexibility index (Phi) is 4.27. The maximum absolute atomic E-state index is 10.6. The average molecular weight is 272 g/mol. The van der Waals surface area contributed by atoms with Gasteiger partial charge in [-0.1, -0.05) is 17.7 Å². The highest BCUT2D eigenvalue weighted by Crippen LogP contribution is 2.16.